The van der Waals surface area contributed by atoms with Crippen LogP contribution >= 0.6 is 0 Å². The number of methoxy groups -OCH3 is 2. The standard InChI is InChI=1S/C16H16N2O4/c1-20-14-8-7-11(15(17-14)21-2)16(19)18-9-10-22-13-6-4-3-5-12(13)18/h3-8H,9-10H2,1-2H3. The number of fused-ring (bicyclic) bond motifs is 1. The molecule has 1 aromatic heterocycles. The van der Waals surface area contributed by atoms with Crippen LogP contribution in [-0.4, -0.2) is 38.3 Å². The van der Waals surface area contributed by atoms with Crippen molar-refractivity contribution in [1.29, 1.82) is 0 Å². The first-order valence-corrected chi connectivity index (χ1v) is 6.87. The van der Waals surface area contributed by atoms with Gasteiger partial charge in [0.15, 0.2) is 0 Å². The molecule has 0 spiro atoms. The summed E-state index contributed by atoms with van der Waals surface area (Å²) in [7, 11) is 2.99. The maximum Gasteiger partial charge on any atom is 0.263 e. The molecule has 1 aromatic carbocycles. The van der Waals surface area contributed by atoms with E-state index in [-0.39, 0.29) is 11.8 Å². The molecule has 1 amide bonds. The zero-order chi connectivity index (χ0) is 15.5. The normalized spacial score (nSPS) is 13.1. The van der Waals surface area contributed by atoms with E-state index in [2.05, 4.69) is 4.98 Å². The van der Waals surface area contributed by atoms with E-state index in [0.717, 1.165) is 5.69 Å². The minimum atomic E-state index is -0.178. The Morgan fingerprint density at radius 1 is 1.18 bits per heavy atom. The molecule has 3 rings (SSSR count). The molecule has 2 aromatic rings. The van der Waals surface area contributed by atoms with Crippen molar-refractivity contribution in [3.8, 4) is 17.5 Å². The van der Waals surface area contributed by atoms with Gasteiger partial charge in [-0.15, -0.1) is 0 Å². The number of carbonyl (C=O) groups is 1. The van der Waals surface area contributed by atoms with Crippen molar-refractivity contribution in [2.75, 3.05) is 32.3 Å². The largest absolute Gasteiger partial charge is 0.490 e. The number of anilines is 1. The minimum Gasteiger partial charge on any atom is -0.490 e. The van der Waals surface area contributed by atoms with Crippen LogP contribution in [0.1, 0.15) is 10.4 Å². The first kappa shape index (κ1) is 14.2. The highest BCUT2D eigenvalue weighted by Gasteiger charge is 2.27. The van der Waals surface area contributed by atoms with Gasteiger partial charge in [-0.25, -0.2) is 0 Å². The Morgan fingerprint density at radius 2 is 2.00 bits per heavy atom. The van der Waals surface area contributed by atoms with Gasteiger partial charge in [0.05, 0.1) is 26.5 Å². The van der Waals surface area contributed by atoms with E-state index in [1.54, 1.807) is 17.0 Å². The van der Waals surface area contributed by atoms with Gasteiger partial charge in [0, 0.05) is 6.07 Å². The van der Waals surface area contributed by atoms with Crippen molar-refractivity contribution in [2.45, 2.75) is 0 Å². The molecule has 114 valence electrons. The van der Waals surface area contributed by atoms with E-state index in [1.165, 1.54) is 14.2 Å². The van der Waals surface area contributed by atoms with Gasteiger partial charge in [0.1, 0.15) is 17.9 Å². The highest BCUT2D eigenvalue weighted by molar-refractivity contribution is 6.08. The van der Waals surface area contributed by atoms with E-state index < -0.39 is 0 Å². The van der Waals surface area contributed by atoms with Crippen LogP contribution in [0.15, 0.2) is 36.4 Å². The number of rotatable bonds is 3. The molecule has 0 saturated heterocycles. The number of amides is 1. The maximum absolute atomic E-state index is 12.9. The van der Waals surface area contributed by atoms with E-state index in [0.29, 0.717) is 30.3 Å². The van der Waals surface area contributed by atoms with Gasteiger partial charge in [-0.05, 0) is 18.2 Å². The Labute approximate surface area is 128 Å². The predicted molar refractivity (Wildman–Crippen MR) is 81.0 cm³/mol. The minimum absolute atomic E-state index is 0.178. The van der Waals surface area contributed by atoms with Crippen molar-refractivity contribution in [1.82, 2.24) is 4.98 Å². The quantitative estimate of drug-likeness (QED) is 0.869. The SMILES string of the molecule is COc1ccc(C(=O)N2CCOc3ccccc32)c(OC)n1. The van der Waals surface area contributed by atoms with Crippen LogP contribution in [0, 0.1) is 0 Å². The Morgan fingerprint density at radius 3 is 2.77 bits per heavy atom. The van der Waals surface area contributed by atoms with Crippen LogP contribution < -0.4 is 19.1 Å². The zero-order valence-electron chi connectivity index (χ0n) is 12.4. The molecule has 0 fully saturated rings. The third kappa shape index (κ3) is 2.43. The highest BCUT2D eigenvalue weighted by Crippen LogP contribution is 2.33. The van der Waals surface area contributed by atoms with E-state index >= 15 is 0 Å². The highest BCUT2D eigenvalue weighted by atomic mass is 16.5. The Balaban J connectivity index is 1.99. The molecule has 6 nitrogen and oxygen atoms in total. The van der Waals surface area contributed by atoms with Crippen LogP contribution in [0.3, 0.4) is 0 Å². The summed E-state index contributed by atoms with van der Waals surface area (Å²) in [6, 6.07) is 10.8. The second-order valence-electron chi connectivity index (χ2n) is 4.68. The molecule has 0 unspecified atom stereocenters. The average molecular weight is 300 g/mol. The number of carbonyl (C=O) groups excluding carboxylic acids is 1. The summed E-state index contributed by atoms with van der Waals surface area (Å²) in [4.78, 5) is 18.7. The molecule has 6 heteroatoms. The van der Waals surface area contributed by atoms with Gasteiger partial charge in [0.25, 0.3) is 5.91 Å². The lowest BCUT2D eigenvalue weighted by Gasteiger charge is -2.29. The number of aromatic nitrogens is 1. The second-order valence-corrected chi connectivity index (χ2v) is 4.68. The summed E-state index contributed by atoms with van der Waals surface area (Å²) < 4.78 is 15.8. The summed E-state index contributed by atoms with van der Waals surface area (Å²) >= 11 is 0. The predicted octanol–water partition coefficient (Wildman–Crippen LogP) is 2.14. The maximum atomic E-state index is 12.9. The smallest absolute Gasteiger partial charge is 0.263 e. The molecule has 2 heterocycles. The van der Waals surface area contributed by atoms with Crippen LogP contribution in [0.4, 0.5) is 5.69 Å². The van der Waals surface area contributed by atoms with Gasteiger partial charge in [0.2, 0.25) is 11.8 Å². The third-order valence-electron chi connectivity index (χ3n) is 3.44. The Hall–Kier alpha value is -2.76. The molecule has 1 aliphatic heterocycles. The number of hydrogen-bond donors (Lipinski definition) is 0. The van der Waals surface area contributed by atoms with Gasteiger partial charge < -0.3 is 19.1 Å². The van der Waals surface area contributed by atoms with Gasteiger partial charge in [-0.1, -0.05) is 12.1 Å². The number of hydrogen-bond acceptors (Lipinski definition) is 5. The molecule has 1 aliphatic rings. The van der Waals surface area contributed by atoms with Crippen LogP contribution in [-0.2, 0) is 0 Å². The number of pyridine rings is 1. The molecular weight excluding hydrogens is 284 g/mol. The van der Waals surface area contributed by atoms with E-state index in [1.807, 2.05) is 24.3 Å². The van der Waals surface area contributed by atoms with E-state index in [4.69, 9.17) is 14.2 Å². The molecule has 22 heavy (non-hydrogen) atoms. The Bertz CT molecular complexity index is 702. The fraction of sp³-hybridized carbons (Fsp3) is 0.250. The van der Waals surface area contributed by atoms with Crippen molar-refractivity contribution in [3.05, 3.63) is 42.0 Å². The van der Waals surface area contributed by atoms with Crippen molar-refractivity contribution < 1.29 is 19.0 Å². The molecule has 0 bridgehead atoms. The van der Waals surface area contributed by atoms with Crippen molar-refractivity contribution in [3.63, 3.8) is 0 Å². The van der Waals surface area contributed by atoms with E-state index in [9.17, 15) is 4.79 Å². The summed E-state index contributed by atoms with van der Waals surface area (Å²) in [5, 5.41) is 0. The fourth-order valence-electron chi connectivity index (χ4n) is 2.38. The first-order valence-electron chi connectivity index (χ1n) is 6.87. The molecule has 0 saturated carbocycles. The lowest BCUT2D eigenvalue weighted by molar-refractivity contribution is 0.0972. The summed E-state index contributed by atoms with van der Waals surface area (Å²) in [6.45, 7) is 0.930. The number of para-hydroxylation sites is 2. The summed E-state index contributed by atoms with van der Waals surface area (Å²) in [6.07, 6.45) is 0. The van der Waals surface area contributed by atoms with Gasteiger partial charge >= 0.3 is 0 Å². The van der Waals surface area contributed by atoms with Crippen LogP contribution in [0.2, 0.25) is 0 Å². The second kappa shape index (κ2) is 5.93. The molecule has 0 N–H and O–H groups in total. The van der Waals surface area contributed by atoms with Gasteiger partial charge in [-0.3, -0.25) is 4.79 Å². The molecule has 0 radical (unpaired) electrons. The molecule has 0 aliphatic carbocycles. The fourth-order valence-corrected chi connectivity index (χ4v) is 2.38. The van der Waals surface area contributed by atoms with Crippen LogP contribution in [0.5, 0.6) is 17.5 Å². The monoisotopic (exact) mass is 300 g/mol. The zero-order valence-corrected chi connectivity index (χ0v) is 12.4. The first-order chi connectivity index (χ1) is 10.7. The van der Waals surface area contributed by atoms with Crippen LogP contribution in [0.25, 0.3) is 0 Å². The molecule has 0 atom stereocenters. The number of benzene rings is 1. The topological polar surface area (TPSA) is 60.9 Å². The summed E-state index contributed by atoms with van der Waals surface area (Å²) in [5.74, 6) is 1.16. The third-order valence-corrected chi connectivity index (χ3v) is 3.44. The Kier molecular flexibility index (Phi) is 3.82. The lowest BCUT2D eigenvalue weighted by Crippen LogP contribution is -2.38. The van der Waals surface area contributed by atoms with Crippen molar-refractivity contribution >= 4 is 11.6 Å². The molecular formula is C16H16N2O4. The number of nitrogens with zero attached hydrogens (tertiary/aromatic N) is 2. The van der Waals surface area contributed by atoms with Crippen molar-refractivity contribution in [2.24, 2.45) is 0 Å². The van der Waals surface area contributed by atoms with Gasteiger partial charge in [-0.2, -0.15) is 4.98 Å². The summed E-state index contributed by atoms with van der Waals surface area (Å²) in [5.41, 5.74) is 1.14. The lowest BCUT2D eigenvalue weighted by atomic mass is 10.2. The number of ether oxygens (including phenoxy) is 3. The average Bonchev–Trinajstić information content (AvgIpc) is 2.60.